The van der Waals surface area contributed by atoms with Gasteiger partial charge in [-0.05, 0) is 70.3 Å². The summed E-state index contributed by atoms with van der Waals surface area (Å²) in [7, 11) is -8.07. The van der Waals surface area contributed by atoms with E-state index in [0.29, 0.717) is 8.68 Å². The van der Waals surface area contributed by atoms with Crippen LogP contribution in [0, 0.1) is 12.3 Å². The maximum Gasteiger partial charge on any atom is 0.413 e. The Balaban J connectivity index is 2.20. The molecule has 3 rings (SSSR count). The Labute approximate surface area is 234 Å². The molecule has 37 heavy (non-hydrogen) atoms. The molecule has 0 saturated heterocycles. The molecular formula is C24H26BrN3O5S4. The highest BCUT2D eigenvalue weighted by atomic mass is 79.9. The number of halogens is 1. The van der Waals surface area contributed by atoms with Gasteiger partial charge in [-0.15, -0.1) is 23.1 Å². The second kappa shape index (κ2) is 11.3. The molecule has 13 heteroatoms. The van der Waals surface area contributed by atoms with Crippen LogP contribution in [0.25, 0.3) is 0 Å². The number of nitrogens with zero attached hydrogens (tertiary/aromatic N) is 1. The first kappa shape index (κ1) is 29.4. The summed E-state index contributed by atoms with van der Waals surface area (Å²) in [5.41, 5.74) is 0.114. The molecule has 198 valence electrons. The number of thiophene rings is 1. The smallest absolute Gasteiger partial charge is 0.413 e. The summed E-state index contributed by atoms with van der Waals surface area (Å²) in [6, 6.07) is 14.0. The maximum absolute atomic E-state index is 14.7. The van der Waals surface area contributed by atoms with Crippen LogP contribution in [0.5, 0.6) is 0 Å². The normalized spacial score (nSPS) is 13.5. The van der Waals surface area contributed by atoms with Crippen LogP contribution in [0.15, 0.2) is 81.7 Å². The van der Waals surface area contributed by atoms with E-state index in [9.17, 15) is 17.4 Å². The van der Waals surface area contributed by atoms with Crippen molar-refractivity contribution in [2.75, 3.05) is 6.26 Å². The third kappa shape index (κ3) is 7.23. The van der Waals surface area contributed by atoms with Gasteiger partial charge in [0.25, 0.3) is 10.0 Å². The number of hydrogen-bond acceptors (Lipinski definition) is 8. The lowest BCUT2D eigenvalue weighted by atomic mass is 10.2. The molecule has 0 saturated carbocycles. The summed E-state index contributed by atoms with van der Waals surface area (Å²) < 4.78 is 51.6. The standard InChI is InChI=1S/C24H26BrN3O5S4/c1-15-9-11-17(12-10-15)37(31,32)28-36(30,18-8-6-7-16(25)13-18)20-14-19(35-22(20)34-5)21(26)27-23(29)33-24(2,3)4/h6-14H,1-5H3,(H2,26,27,29). The fraction of sp³-hybridized carbons (Fsp3) is 0.250. The van der Waals surface area contributed by atoms with Gasteiger partial charge in [0.2, 0.25) is 0 Å². The molecule has 0 aliphatic heterocycles. The Morgan fingerprint density at radius 2 is 1.73 bits per heavy atom. The van der Waals surface area contributed by atoms with Crippen LogP contribution in [0.4, 0.5) is 4.79 Å². The molecule has 1 heterocycles. The fourth-order valence-electron chi connectivity index (χ4n) is 3.02. The molecule has 1 aromatic heterocycles. The summed E-state index contributed by atoms with van der Waals surface area (Å²) in [5.74, 6) is -0.266. The lowest BCUT2D eigenvalue weighted by Crippen LogP contribution is -2.36. The maximum atomic E-state index is 14.7. The molecule has 1 unspecified atom stereocenters. The number of carbonyl (C=O) groups is 1. The largest absolute Gasteiger partial charge is 0.444 e. The van der Waals surface area contributed by atoms with Gasteiger partial charge in [0.1, 0.15) is 21.2 Å². The molecule has 1 amide bonds. The lowest BCUT2D eigenvalue weighted by Gasteiger charge is -2.19. The zero-order chi connectivity index (χ0) is 27.6. The number of hydrogen-bond donors (Lipinski definition) is 2. The van der Waals surface area contributed by atoms with E-state index < -0.39 is 31.4 Å². The highest BCUT2D eigenvalue weighted by Crippen LogP contribution is 2.39. The summed E-state index contributed by atoms with van der Waals surface area (Å²) in [6.45, 7) is 6.94. The predicted molar refractivity (Wildman–Crippen MR) is 152 cm³/mol. The number of ether oxygens (including phenoxy) is 1. The average Bonchev–Trinajstić information content (AvgIpc) is 3.23. The Bertz CT molecular complexity index is 1570. The predicted octanol–water partition coefficient (Wildman–Crippen LogP) is 6.67. The van der Waals surface area contributed by atoms with E-state index in [1.165, 1.54) is 30.0 Å². The van der Waals surface area contributed by atoms with Crippen molar-refractivity contribution in [2.24, 2.45) is 3.77 Å². The molecule has 0 spiro atoms. The molecule has 0 radical (unpaired) electrons. The van der Waals surface area contributed by atoms with Crippen molar-refractivity contribution in [3.63, 3.8) is 0 Å². The van der Waals surface area contributed by atoms with Crippen molar-refractivity contribution in [2.45, 2.75) is 52.2 Å². The summed E-state index contributed by atoms with van der Waals surface area (Å²) in [4.78, 5) is 12.7. The first-order chi connectivity index (χ1) is 17.1. The minimum Gasteiger partial charge on any atom is -0.444 e. The van der Waals surface area contributed by atoms with E-state index in [4.69, 9.17) is 10.1 Å². The van der Waals surface area contributed by atoms with Crippen LogP contribution in [0.1, 0.15) is 31.2 Å². The number of alkyl carbamates (subject to hydrolysis) is 1. The van der Waals surface area contributed by atoms with Crippen molar-refractivity contribution in [1.29, 1.82) is 5.41 Å². The van der Waals surface area contributed by atoms with Crippen molar-refractivity contribution in [1.82, 2.24) is 5.32 Å². The highest BCUT2D eigenvalue weighted by Gasteiger charge is 2.29. The minimum absolute atomic E-state index is 0.0821. The number of thioether (sulfide) groups is 1. The van der Waals surface area contributed by atoms with Gasteiger partial charge in [0.15, 0.2) is 0 Å². The van der Waals surface area contributed by atoms with E-state index in [1.807, 2.05) is 6.92 Å². The second-order valence-electron chi connectivity index (χ2n) is 8.81. The van der Waals surface area contributed by atoms with Crippen LogP contribution in [-0.4, -0.2) is 36.4 Å². The molecule has 8 nitrogen and oxygen atoms in total. The number of aryl methyl sites for hydroxylation is 1. The van der Waals surface area contributed by atoms with Gasteiger partial charge in [-0.2, -0.15) is 8.42 Å². The van der Waals surface area contributed by atoms with Crippen LogP contribution < -0.4 is 5.32 Å². The van der Waals surface area contributed by atoms with Gasteiger partial charge in [-0.25, -0.2) is 9.00 Å². The van der Waals surface area contributed by atoms with Crippen molar-refractivity contribution >= 4 is 70.7 Å². The molecular weight excluding hydrogens is 618 g/mol. The van der Waals surface area contributed by atoms with Gasteiger partial charge >= 0.3 is 6.09 Å². The number of amidine groups is 1. The topological polar surface area (TPSA) is 126 Å². The lowest BCUT2D eigenvalue weighted by molar-refractivity contribution is 0.0563. The first-order valence-corrected chi connectivity index (χ1v) is 16.6. The van der Waals surface area contributed by atoms with Gasteiger partial charge in [0, 0.05) is 4.47 Å². The molecule has 0 bridgehead atoms. The molecule has 0 aliphatic carbocycles. The highest BCUT2D eigenvalue weighted by molar-refractivity contribution is 9.10. The minimum atomic E-state index is -4.33. The fourth-order valence-corrected chi connectivity index (χ4v) is 10.2. The zero-order valence-electron chi connectivity index (χ0n) is 20.7. The molecule has 2 N–H and O–H groups in total. The monoisotopic (exact) mass is 643 g/mol. The Morgan fingerprint density at radius 3 is 2.30 bits per heavy atom. The quantitative estimate of drug-likeness (QED) is 0.176. The van der Waals surface area contributed by atoms with Crippen LogP contribution >= 0.6 is 39.0 Å². The third-order valence-electron chi connectivity index (χ3n) is 4.66. The van der Waals surface area contributed by atoms with E-state index in [0.717, 1.165) is 16.9 Å². The Hall–Kier alpha value is -2.19. The number of amides is 1. The van der Waals surface area contributed by atoms with Gasteiger partial charge in [0.05, 0.1) is 23.8 Å². The molecule has 1 atom stereocenters. The molecule has 2 aromatic carbocycles. The summed E-state index contributed by atoms with van der Waals surface area (Å²) in [5, 5.41) is 10.7. The average molecular weight is 645 g/mol. The first-order valence-electron chi connectivity index (χ1n) is 10.8. The number of benzene rings is 2. The Kier molecular flexibility index (Phi) is 8.95. The molecule has 0 aliphatic rings. The van der Waals surface area contributed by atoms with E-state index in [-0.39, 0.29) is 25.4 Å². The molecule has 3 aromatic rings. The molecule has 0 fully saturated rings. The second-order valence-corrected chi connectivity index (χ2v) is 15.8. The van der Waals surface area contributed by atoms with Gasteiger partial charge < -0.3 is 4.74 Å². The van der Waals surface area contributed by atoms with Crippen molar-refractivity contribution in [3.8, 4) is 0 Å². The van der Waals surface area contributed by atoms with Crippen molar-refractivity contribution in [3.05, 3.63) is 69.5 Å². The number of carbonyl (C=O) groups excluding carboxylic acids is 1. The third-order valence-corrected chi connectivity index (χ3v) is 12.0. The summed E-state index contributed by atoms with van der Waals surface area (Å²) in [6.07, 6.45) is 0.941. The Morgan fingerprint density at radius 1 is 1.08 bits per heavy atom. The number of nitrogens with one attached hydrogen (secondary N) is 2. The summed E-state index contributed by atoms with van der Waals surface area (Å²) >= 11 is 5.70. The SMILES string of the molecule is CSc1sc(C(=N)NC(=O)OC(C)(C)C)cc1S(=O)(=NS(=O)(=O)c1ccc(C)cc1)c1cccc(Br)c1. The van der Waals surface area contributed by atoms with Crippen molar-refractivity contribution < 1.29 is 22.2 Å². The van der Waals surface area contributed by atoms with E-state index in [2.05, 4.69) is 25.0 Å². The van der Waals surface area contributed by atoms with Gasteiger partial charge in [-0.3, -0.25) is 10.7 Å². The van der Waals surface area contributed by atoms with Crippen LogP contribution in [0.2, 0.25) is 0 Å². The van der Waals surface area contributed by atoms with Gasteiger partial charge in [-0.1, -0.05) is 43.5 Å². The number of rotatable bonds is 6. The van der Waals surface area contributed by atoms with E-state index >= 15 is 0 Å². The zero-order valence-corrected chi connectivity index (χ0v) is 25.5. The van der Waals surface area contributed by atoms with E-state index in [1.54, 1.807) is 63.4 Å². The number of sulfonamides is 1. The van der Waals surface area contributed by atoms with Crippen LogP contribution in [0.3, 0.4) is 0 Å². The van der Waals surface area contributed by atoms with Crippen LogP contribution in [-0.2, 0) is 24.5 Å².